The van der Waals surface area contributed by atoms with Crippen molar-refractivity contribution in [1.82, 2.24) is 0 Å². The van der Waals surface area contributed by atoms with Crippen LogP contribution in [0.2, 0.25) is 0 Å². The molecule has 1 aromatic carbocycles. The average molecular weight is 278 g/mol. The van der Waals surface area contributed by atoms with E-state index < -0.39 is 10.9 Å². The first kappa shape index (κ1) is 14.3. The fourth-order valence-corrected chi connectivity index (χ4v) is 2.69. The zero-order valence-corrected chi connectivity index (χ0v) is 11.4. The van der Waals surface area contributed by atoms with Crippen molar-refractivity contribution in [3.05, 3.63) is 33.9 Å². The number of carbonyl (C=O) groups is 1. The summed E-state index contributed by atoms with van der Waals surface area (Å²) in [4.78, 5) is 23.5. The van der Waals surface area contributed by atoms with Crippen LogP contribution < -0.4 is 4.90 Å². The van der Waals surface area contributed by atoms with E-state index in [-0.39, 0.29) is 11.3 Å². The maximum atomic E-state index is 11.2. The Kier molecular flexibility index (Phi) is 4.22. The molecule has 1 saturated heterocycles. The van der Waals surface area contributed by atoms with Gasteiger partial charge in [-0.3, -0.25) is 10.1 Å². The summed E-state index contributed by atoms with van der Waals surface area (Å²) in [5.74, 6) is -1.26. The minimum atomic E-state index is -1.26. The number of nitrogens with zero attached hydrogens (tertiary/aromatic N) is 2. The van der Waals surface area contributed by atoms with Gasteiger partial charge in [-0.15, -0.1) is 0 Å². The second kappa shape index (κ2) is 5.90. The Morgan fingerprint density at radius 3 is 2.80 bits per heavy atom. The van der Waals surface area contributed by atoms with Crippen LogP contribution in [0.25, 0.3) is 0 Å². The minimum absolute atomic E-state index is 0.246. The smallest absolute Gasteiger partial charge is 0.342 e. The van der Waals surface area contributed by atoms with Gasteiger partial charge in [-0.05, 0) is 31.9 Å². The lowest BCUT2D eigenvalue weighted by atomic mass is 10.1. The fraction of sp³-hybridized carbons (Fsp3) is 0.500. The zero-order chi connectivity index (χ0) is 14.7. The van der Waals surface area contributed by atoms with Crippen LogP contribution in [0.1, 0.15) is 43.0 Å². The lowest BCUT2D eigenvalue weighted by Crippen LogP contribution is -2.32. The predicted octanol–water partition coefficient (Wildman–Crippen LogP) is 3.06. The third-order valence-corrected chi connectivity index (χ3v) is 3.79. The Balaban J connectivity index is 2.39. The van der Waals surface area contributed by atoms with Gasteiger partial charge >= 0.3 is 5.97 Å². The molecule has 1 fully saturated rings. The molecule has 1 atom stereocenters. The highest BCUT2D eigenvalue weighted by Gasteiger charge is 2.23. The largest absolute Gasteiger partial charge is 0.477 e. The van der Waals surface area contributed by atoms with Crippen LogP contribution >= 0.6 is 0 Å². The van der Waals surface area contributed by atoms with Crippen LogP contribution in [0.4, 0.5) is 11.4 Å². The average Bonchev–Trinajstić information content (AvgIpc) is 2.62. The maximum absolute atomic E-state index is 11.2. The molecule has 1 aliphatic heterocycles. The number of hydrogen-bond acceptors (Lipinski definition) is 4. The van der Waals surface area contributed by atoms with Crippen LogP contribution in [-0.4, -0.2) is 28.6 Å². The standard InChI is InChI=1S/C14H18N2O4/c1-10-5-3-2-4-8-15(10)11-6-7-13(16(19)20)12(9-11)14(17)18/h6-7,9-10H,2-5,8H2,1H3,(H,17,18). The highest BCUT2D eigenvalue weighted by atomic mass is 16.6. The highest BCUT2D eigenvalue weighted by molar-refractivity contribution is 5.93. The number of anilines is 1. The molecular weight excluding hydrogens is 260 g/mol. The number of benzene rings is 1. The Morgan fingerprint density at radius 2 is 2.15 bits per heavy atom. The molecule has 0 bridgehead atoms. The van der Waals surface area contributed by atoms with E-state index in [1.165, 1.54) is 18.6 Å². The number of hydrogen-bond donors (Lipinski definition) is 1. The second-order valence-electron chi connectivity index (χ2n) is 5.16. The van der Waals surface area contributed by atoms with Gasteiger partial charge in [-0.1, -0.05) is 12.8 Å². The van der Waals surface area contributed by atoms with Crippen molar-refractivity contribution >= 4 is 17.3 Å². The van der Waals surface area contributed by atoms with Gasteiger partial charge in [0.1, 0.15) is 5.56 Å². The van der Waals surface area contributed by atoms with Crippen molar-refractivity contribution in [2.75, 3.05) is 11.4 Å². The highest BCUT2D eigenvalue weighted by Crippen LogP contribution is 2.29. The third kappa shape index (κ3) is 2.89. The van der Waals surface area contributed by atoms with Gasteiger partial charge in [0.2, 0.25) is 0 Å². The molecule has 0 radical (unpaired) electrons. The summed E-state index contributed by atoms with van der Waals surface area (Å²) in [6.07, 6.45) is 4.44. The van der Waals surface area contributed by atoms with Crippen molar-refractivity contribution in [2.24, 2.45) is 0 Å². The second-order valence-corrected chi connectivity index (χ2v) is 5.16. The van der Waals surface area contributed by atoms with Crippen molar-refractivity contribution in [1.29, 1.82) is 0 Å². The van der Waals surface area contributed by atoms with Gasteiger partial charge in [0.05, 0.1) is 4.92 Å². The van der Waals surface area contributed by atoms with Gasteiger partial charge in [-0.2, -0.15) is 0 Å². The van der Waals surface area contributed by atoms with Crippen LogP contribution in [0.5, 0.6) is 0 Å². The Labute approximate surface area is 117 Å². The van der Waals surface area contributed by atoms with E-state index in [9.17, 15) is 14.9 Å². The van der Waals surface area contributed by atoms with E-state index >= 15 is 0 Å². The van der Waals surface area contributed by atoms with Crippen molar-refractivity contribution in [3.8, 4) is 0 Å². The van der Waals surface area contributed by atoms with Gasteiger partial charge in [0.25, 0.3) is 5.69 Å². The molecule has 1 aromatic rings. The summed E-state index contributed by atoms with van der Waals surface area (Å²) in [5.41, 5.74) is 0.148. The fourth-order valence-electron chi connectivity index (χ4n) is 2.69. The first-order valence-electron chi connectivity index (χ1n) is 6.79. The topological polar surface area (TPSA) is 83.7 Å². The van der Waals surface area contributed by atoms with E-state index in [0.717, 1.165) is 31.5 Å². The molecule has 0 amide bonds. The van der Waals surface area contributed by atoms with E-state index in [0.29, 0.717) is 6.04 Å². The summed E-state index contributed by atoms with van der Waals surface area (Å²) in [5, 5.41) is 20.0. The molecule has 1 aliphatic rings. The normalized spacial score (nSPS) is 19.4. The summed E-state index contributed by atoms with van der Waals surface area (Å²) < 4.78 is 0. The van der Waals surface area contributed by atoms with Crippen LogP contribution in [0.15, 0.2) is 18.2 Å². The van der Waals surface area contributed by atoms with Crippen LogP contribution in [0, 0.1) is 10.1 Å². The third-order valence-electron chi connectivity index (χ3n) is 3.79. The zero-order valence-electron chi connectivity index (χ0n) is 11.4. The molecule has 0 spiro atoms. The van der Waals surface area contributed by atoms with Gasteiger partial charge in [0.15, 0.2) is 0 Å². The Morgan fingerprint density at radius 1 is 1.40 bits per heavy atom. The molecule has 0 aliphatic carbocycles. The number of carboxylic acids is 1. The van der Waals surface area contributed by atoms with Crippen LogP contribution in [-0.2, 0) is 0 Å². The Hall–Kier alpha value is -2.11. The molecule has 20 heavy (non-hydrogen) atoms. The van der Waals surface area contributed by atoms with Crippen molar-refractivity contribution in [3.63, 3.8) is 0 Å². The van der Waals surface area contributed by atoms with Gasteiger partial charge in [0, 0.05) is 24.3 Å². The molecule has 1 unspecified atom stereocenters. The lowest BCUT2D eigenvalue weighted by molar-refractivity contribution is -0.385. The summed E-state index contributed by atoms with van der Waals surface area (Å²) in [6.45, 7) is 2.96. The van der Waals surface area contributed by atoms with Crippen molar-refractivity contribution < 1.29 is 14.8 Å². The van der Waals surface area contributed by atoms with E-state index in [1.807, 2.05) is 0 Å². The van der Waals surface area contributed by atoms with Gasteiger partial charge in [-0.25, -0.2) is 4.79 Å². The Bertz CT molecular complexity index is 530. The quantitative estimate of drug-likeness (QED) is 0.678. The lowest BCUT2D eigenvalue weighted by Gasteiger charge is -2.29. The number of nitro benzene ring substituents is 1. The van der Waals surface area contributed by atoms with E-state index in [4.69, 9.17) is 5.11 Å². The summed E-state index contributed by atoms with van der Waals surface area (Å²) in [7, 11) is 0. The van der Waals surface area contributed by atoms with Gasteiger partial charge < -0.3 is 10.0 Å². The summed E-state index contributed by atoms with van der Waals surface area (Å²) >= 11 is 0. The number of rotatable bonds is 3. The number of carboxylic acid groups (broad SMARTS) is 1. The number of aromatic carboxylic acids is 1. The molecule has 108 valence electrons. The molecule has 2 rings (SSSR count). The molecular formula is C14H18N2O4. The molecule has 0 saturated carbocycles. The molecule has 6 heteroatoms. The first-order chi connectivity index (χ1) is 9.50. The summed E-state index contributed by atoms with van der Waals surface area (Å²) in [6, 6.07) is 4.67. The monoisotopic (exact) mass is 278 g/mol. The molecule has 1 N–H and O–H groups in total. The molecule has 6 nitrogen and oxygen atoms in total. The van der Waals surface area contributed by atoms with Crippen molar-refractivity contribution in [2.45, 2.75) is 38.6 Å². The predicted molar refractivity (Wildman–Crippen MR) is 75.3 cm³/mol. The van der Waals surface area contributed by atoms with Crippen LogP contribution in [0.3, 0.4) is 0 Å². The number of nitro groups is 1. The molecule has 0 aromatic heterocycles. The van der Waals surface area contributed by atoms with E-state index in [1.54, 1.807) is 6.07 Å². The van der Waals surface area contributed by atoms with E-state index in [2.05, 4.69) is 11.8 Å². The SMILES string of the molecule is CC1CCCCCN1c1ccc([N+](=O)[O-])c(C(=O)O)c1. The first-order valence-corrected chi connectivity index (χ1v) is 6.79. The minimum Gasteiger partial charge on any atom is -0.477 e. The maximum Gasteiger partial charge on any atom is 0.342 e. The molecule has 1 heterocycles.